The van der Waals surface area contributed by atoms with E-state index in [0.29, 0.717) is 21.9 Å². The third kappa shape index (κ3) is 2.50. The topological polar surface area (TPSA) is 76.5 Å². The van der Waals surface area contributed by atoms with Crippen LogP contribution in [0.4, 0.5) is 0 Å². The van der Waals surface area contributed by atoms with E-state index >= 15 is 0 Å². The fraction of sp³-hybridized carbons (Fsp3) is 0.0714. The summed E-state index contributed by atoms with van der Waals surface area (Å²) in [6.45, 7) is 1.53. The number of rotatable bonds is 3. The van der Waals surface area contributed by atoms with Gasteiger partial charge in [-0.1, -0.05) is 12.1 Å². The summed E-state index contributed by atoms with van der Waals surface area (Å²) in [6.07, 6.45) is 4.78. The highest BCUT2D eigenvalue weighted by Crippen LogP contribution is 2.19. The SMILES string of the molecule is CC(=O)c1cccc(-n2c(-c3cnccn3)n[nH]c2=S)c1. The molecule has 3 rings (SSSR count). The van der Waals surface area contributed by atoms with Crippen molar-refractivity contribution in [1.82, 2.24) is 24.7 Å². The number of carbonyl (C=O) groups is 1. The molecule has 0 aliphatic rings. The van der Waals surface area contributed by atoms with Crippen LogP contribution in [0.5, 0.6) is 0 Å². The average Bonchev–Trinajstić information content (AvgIpc) is 2.90. The maximum atomic E-state index is 11.5. The second-order valence-corrected chi connectivity index (χ2v) is 4.77. The van der Waals surface area contributed by atoms with Crippen LogP contribution < -0.4 is 0 Å². The van der Waals surface area contributed by atoms with Crippen LogP contribution in [0.15, 0.2) is 42.9 Å². The molecule has 21 heavy (non-hydrogen) atoms. The summed E-state index contributed by atoms with van der Waals surface area (Å²) >= 11 is 5.28. The van der Waals surface area contributed by atoms with Gasteiger partial charge in [0.15, 0.2) is 16.4 Å². The Morgan fingerprint density at radius 3 is 2.90 bits per heavy atom. The van der Waals surface area contributed by atoms with Crippen molar-refractivity contribution in [3.63, 3.8) is 0 Å². The van der Waals surface area contributed by atoms with E-state index in [1.165, 1.54) is 6.92 Å². The zero-order valence-electron chi connectivity index (χ0n) is 11.1. The summed E-state index contributed by atoms with van der Waals surface area (Å²) in [7, 11) is 0. The summed E-state index contributed by atoms with van der Waals surface area (Å²) in [5.74, 6) is 0.543. The number of hydrogen-bond donors (Lipinski definition) is 1. The molecule has 104 valence electrons. The highest BCUT2D eigenvalue weighted by atomic mass is 32.1. The maximum Gasteiger partial charge on any atom is 0.200 e. The van der Waals surface area contributed by atoms with Crippen LogP contribution in [0.3, 0.4) is 0 Å². The Kier molecular flexibility index (Phi) is 3.41. The maximum absolute atomic E-state index is 11.5. The molecule has 0 atom stereocenters. The molecule has 0 amide bonds. The van der Waals surface area contributed by atoms with Crippen molar-refractivity contribution in [2.75, 3.05) is 0 Å². The number of nitrogens with one attached hydrogen (secondary N) is 1. The van der Waals surface area contributed by atoms with Crippen molar-refractivity contribution in [3.05, 3.63) is 53.2 Å². The fourth-order valence-electron chi connectivity index (χ4n) is 1.99. The molecule has 0 saturated carbocycles. The van der Waals surface area contributed by atoms with E-state index in [4.69, 9.17) is 12.2 Å². The zero-order valence-corrected chi connectivity index (χ0v) is 12.0. The monoisotopic (exact) mass is 297 g/mol. The van der Waals surface area contributed by atoms with E-state index in [9.17, 15) is 4.79 Å². The molecule has 0 fully saturated rings. The number of H-pyrrole nitrogens is 1. The number of Topliss-reactive ketones (excluding diaryl/α,β-unsaturated/α-hetero) is 1. The molecule has 1 aromatic carbocycles. The van der Waals surface area contributed by atoms with Crippen molar-refractivity contribution in [1.29, 1.82) is 0 Å². The molecule has 3 aromatic rings. The van der Waals surface area contributed by atoms with E-state index in [1.54, 1.807) is 41.4 Å². The molecule has 0 bridgehead atoms. The Morgan fingerprint density at radius 2 is 2.19 bits per heavy atom. The number of carbonyl (C=O) groups excluding carboxylic acids is 1. The van der Waals surface area contributed by atoms with Gasteiger partial charge < -0.3 is 0 Å². The van der Waals surface area contributed by atoms with Crippen LogP contribution in [0.2, 0.25) is 0 Å². The molecule has 0 aliphatic heterocycles. The summed E-state index contributed by atoms with van der Waals surface area (Å²) in [4.78, 5) is 19.8. The first-order valence-electron chi connectivity index (χ1n) is 6.22. The zero-order chi connectivity index (χ0) is 14.8. The Balaban J connectivity index is 2.20. The lowest BCUT2D eigenvalue weighted by molar-refractivity contribution is 0.101. The van der Waals surface area contributed by atoms with Crippen molar-refractivity contribution in [2.24, 2.45) is 0 Å². The minimum atomic E-state index is -0.00656. The lowest BCUT2D eigenvalue weighted by atomic mass is 10.1. The van der Waals surface area contributed by atoms with Gasteiger partial charge in [-0.3, -0.25) is 19.4 Å². The Morgan fingerprint density at radius 1 is 1.33 bits per heavy atom. The highest BCUT2D eigenvalue weighted by Gasteiger charge is 2.12. The fourth-order valence-corrected chi connectivity index (χ4v) is 2.22. The third-order valence-electron chi connectivity index (χ3n) is 2.98. The quantitative estimate of drug-likeness (QED) is 0.594. The molecule has 0 unspecified atom stereocenters. The minimum absolute atomic E-state index is 0.00656. The molecule has 0 radical (unpaired) electrons. The molecule has 7 heteroatoms. The first-order chi connectivity index (χ1) is 10.2. The predicted octanol–water partition coefficient (Wildman–Crippen LogP) is 2.59. The van der Waals surface area contributed by atoms with Crippen LogP contribution >= 0.6 is 12.2 Å². The lowest BCUT2D eigenvalue weighted by Crippen LogP contribution is -2.01. The molecule has 0 saturated heterocycles. The number of benzene rings is 1. The number of ketones is 1. The van der Waals surface area contributed by atoms with E-state index in [1.807, 2.05) is 6.07 Å². The van der Waals surface area contributed by atoms with Gasteiger partial charge in [0.2, 0.25) is 0 Å². The highest BCUT2D eigenvalue weighted by molar-refractivity contribution is 7.71. The molecule has 2 aromatic heterocycles. The van der Waals surface area contributed by atoms with Crippen molar-refractivity contribution in [2.45, 2.75) is 6.92 Å². The van der Waals surface area contributed by atoms with Gasteiger partial charge in [0.25, 0.3) is 0 Å². The number of nitrogens with zero attached hydrogens (tertiary/aromatic N) is 4. The van der Waals surface area contributed by atoms with Gasteiger partial charge in [-0.05, 0) is 31.3 Å². The van der Waals surface area contributed by atoms with Crippen LogP contribution in [0.1, 0.15) is 17.3 Å². The first kappa shape index (κ1) is 13.3. The van der Waals surface area contributed by atoms with Gasteiger partial charge >= 0.3 is 0 Å². The molecule has 0 aliphatic carbocycles. The van der Waals surface area contributed by atoms with E-state index in [0.717, 1.165) is 5.69 Å². The van der Waals surface area contributed by atoms with Gasteiger partial charge in [-0.15, -0.1) is 0 Å². The standard InChI is InChI=1S/C14H11N5OS/c1-9(20)10-3-2-4-11(7-10)19-13(17-18-14(19)21)12-8-15-5-6-16-12/h2-8H,1H3,(H,18,21). The summed E-state index contributed by atoms with van der Waals surface area (Å²) < 4.78 is 2.16. The summed E-state index contributed by atoms with van der Waals surface area (Å²) in [5, 5.41) is 6.94. The second-order valence-electron chi connectivity index (χ2n) is 4.38. The van der Waals surface area contributed by atoms with Crippen LogP contribution in [-0.4, -0.2) is 30.5 Å². The Bertz CT molecular complexity index is 853. The smallest absolute Gasteiger partial charge is 0.200 e. The number of hydrogen-bond acceptors (Lipinski definition) is 5. The Labute approximate surface area is 125 Å². The van der Waals surface area contributed by atoms with Crippen LogP contribution in [0.25, 0.3) is 17.2 Å². The molecule has 6 nitrogen and oxygen atoms in total. The van der Waals surface area contributed by atoms with Gasteiger partial charge in [0.1, 0.15) is 5.69 Å². The van der Waals surface area contributed by atoms with Crippen LogP contribution in [0, 0.1) is 4.77 Å². The average molecular weight is 297 g/mol. The second kappa shape index (κ2) is 5.37. The van der Waals surface area contributed by atoms with E-state index < -0.39 is 0 Å². The normalized spacial score (nSPS) is 10.5. The van der Waals surface area contributed by atoms with Gasteiger partial charge in [-0.25, -0.2) is 4.98 Å². The molecular weight excluding hydrogens is 286 g/mol. The predicted molar refractivity (Wildman–Crippen MR) is 79.8 cm³/mol. The van der Waals surface area contributed by atoms with Crippen LogP contribution in [-0.2, 0) is 0 Å². The molecular formula is C14H11N5OS. The minimum Gasteiger partial charge on any atom is -0.295 e. The van der Waals surface area contributed by atoms with E-state index in [-0.39, 0.29) is 5.78 Å². The molecule has 2 heterocycles. The third-order valence-corrected chi connectivity index (χ3v) is 3.25. The van der Waals surface area contributed by atoms with Crippen molar-refractivity contribution in [3.8, 4) is 17.2 Å². The largest absolute Gasteiger partial charge is 0.295 e. The first-order valence-corrected chi connectivity index (χ1v) is 6.63. The summed E-state index contributed by atoms with van der Waals surface area (Å²) in [5.41, 5.74) is 1.96. The van der Waals surface area contributed by atoms with Crippen molar-refractivity contribution < 1.29 is 4.79 Å². The Hall–Kier alpha value is -2.67. The van der Waals surface area contributed by atoms with Crippen molar-refractivity contribution >= 4 is 18.0 Å². The lowest BCUT2D eigenvalue weighted by Gasteiger charge is -2.07. The van der Waals surface area contributed by atoms with E-state index in [2.05, 4.69) is 20.2 Å². The summed E-state index contributed by atoms with van der Waals surface area (Å²) in [6, 6.07) is 7.20. The van der Waals surface area contributed by atoms with Gasteiger partial charge in [0, 0.05) is 18.0 Å². The molecule has 1 N–H and O–H groups in total. The number of aromatic amines is 1. The molecule has 0 spiro atoms. The van der Waals surface area contributed by atoms with Gasteiger partial charge in [-0.2, -0.15) is 5.10 Å². The number of aromatic nitrogens is 5. The van der Waals surface area contributed by atoms with Gasteiger partial charge in [0.05, 0.1) is 11.9 Å².